The number of carbonyl (C=O) groups is 1. The molecule has 0 saturated heterocycles. The molecule has 2 aromatic carbocycles. The van der Waals surface area contributed by atoms with Crippen molar-refractivity contribution in [1.29, 1.82) is 0 Å². The first kappa shape index (κ1) is 16.4. The number of nitrogens with zero attached hydrogens (tertiary/aromatic N) is 2. The highest BCUT2D eigenvalue weighted by Gasteiger charge is 2.23. The van der Waals surface area contributed by atoms with Crippen molar-refractivity contribution in [1.82, 2.24) is 9.55 Å². The maximum absolute atomic E-state index is 14.3. The standard InChI is InChI=1S/C17H11BrF2N2O2/c1-9(23)16(10-3-2-4-11(19)7-10)22-8-21-13-6-5-12(18)15(20)14(13)17(22)24/h2-8,16H,1H3. The average molecular weight is 393 g/mol. The van der Waals surface area contributed by atoms with E-state index in [-0.39, 0.29) is 21.2 Å². The predicted molar refractivity (Wildman–Crippen MR) is 88.9 cm³/mol. The Bertz CT molecular complexity index is 1020. The van der Waals surface area contributed by atoms with E-state index >= 15 is 0 Å². The third kappa shape index (κ3) is 2.75. The van der Waals surface area contributed by atoms with E-state index < -0.39 is 23.2 Å². The maximum atomic E-state index is 14.3. The Morgan fingerprint density at radius 3 is 2.67 bits per heavy atom. The molecule has 0 bridgehead atoms. The smallest absolute Gasteiger partial charge is 0.265 e. The maximum Gasteiger partial charge on any atom is 0.265 e. The van der Waals surface area contributed by atoms with Crippen LogP contribution in [-0.2, 0) is 4.79 Å². The summed E-state index contributed by atoms with van der Waals surface area (Å²) in [6.45, 7) is 1.28. The van der Waals surface area contributed by atoms with Crippen LogP contribution in [0.3, 0.4) is 0 Å². The molecule has 0 aliphatic carbocycles. The minimum Gasteiger partial charge on any atom is -0.297 e. The molecule has 3 rings (SSSR count). The summed E-state index contributed by atoms with van der Waals surface area (Å²) in [5, 5.41) is -0.227. The quantitative estimate of drug-likeness (QED) is 0.683. The van der Waals surface area contributed by atoms with Crippen molar-refractivity contribution >= 4 is 32.6 Å². The summed E-state index contributed by atoms with van der Waals surface area (Å²) in [6, 6.07) is 7.24. The van der Waals surface area contributed by atoms with Crippen LogP contribution in [0, 0.1) is 11.6 Å². The van der Waals surface area contributed by atoms with Crippen molar-refractivity contribution in [2.75, 3.05) is 0 Å². The van der Waals surface area contributed by atoms with Gasteiger partial charge in [0.05, 0.1) is 16.3 Å². The van der Waals surface area contributed by atoms with Crippen LogP contribution in [0.5, 0.6) is 0 Å². The first-order valence-electron chi connectivity index (χ1n) is 7.01. The molecule has 1 atom stereocenters. The highest BCUT2D eigenvalue weighted by molar-refractivity contribution is 9.10. The summed E-state index contributed by atoms with van der Waals surface area (Å²) < 4.78 is 29.0. The molecule has 0 fully saturated rings. The Kier molecular flexibility index (Phi) is 4.28. The molecule has 0 aliphatic rings. The van der Waals surface area contributed by atoms with Gasteiger partial charge >= 0.3 is 0 Å². The van der Waals surface area contributed by atoms with Gasteiger partial charge in [0.15, 0.2) is 11.6 Å². The fourth-order valence-corrected chi connectivity index (χ4v) is 2.94. The molecule has 0 N–H and O–H groups in total. The molecule has 1 unspecified atom stereocenters. The molecule has 24 heavy (non-hydrogen) atoms. The van der Waals surface area contributed by atoms with Crippen molar-refractivity contribution in [2.24, 2.45) is 0 Å². The van der Waals surface area contributed by atoms with Crippen LogP contribution in [0.1, 0.15) is 18.5 Å². The van der Waals surface area contributed by atoms with Crippen LogP contribution < -0.4 is 5.56 Å². The second-order valence-corrected chi connectivity index (χ2v) is 6.14. The second-order valence-electron chi connectivity index (χ2n) is 5.28. The number of hydrogen-bond acceptors (Lipinski definition) is 3. The number of fused-ring (bicyclic) bond motifs is 1. The van der Waals surface area contributed by atoms with E-state index in [1.165, 1.54) is 49.6 Å². The molecule has 0 amide bonds. The molecule has 4 nitrogen and oxygen atoms in total. The van der Waals surface area contributed by atoms with Crippen LogP contribution in [0.15, 0.2) is 52.0 Å². The summed E-state index contributed by atoms with van der Waals surface area (Å²) in [5.74, 6) is -1.67. The fraction of sp³-hybridized carbons (Fsp3) is 0.118. The van der Waals surface area contributed by atoms with Crippen molar-refractivity contribution < 1.29 is 13.6 Å². The van der Waals surface area contributed by atoms with Gasteiger partial charge in [0, 0.05) is 0 Å². The van der Waals surface area contributed by atoms with Gasteiger partial charge in [0.25, 0.3) is 5.56 Å². The first-order chi connectivity index (χ1) is 11.4. The lowest BCUT2D eigenvalue weighted by Gasteiger charge is -2.18. The van der Waals surface area contributed by atoms with E-state index in [4.69, 9.17) is 0 Å². The summed E-state index contributed by atoms with van der Waals surface area (Å²) in [4.78, 5) is 28.9. The van der Waals surface area contributed by atoms with Gasteiger partial charge in [-0.05, 0) is 52.7 Å². The largest absolute Gasteiger partial charge is 0.297 e. The third-order valence-corrected chi connectivity index (χ3v) is 4.28. The Labute approximate surface area is 143 Å². The predicted octanol–water partition coefficient (Wildman–Crippen LogP) is 3.62. The SMILES string of the molecule is CC(=O)C(c1cccc(F)c1)n1cnc2ccc(Br)c(F)c2c1=O. The Morgan fingerprint density at radius 2 is 2.00 bits per heavy atom. The molecule has 7 heteroatoms. The molecule has 0 radical (unpaired) electrons. The fourth-order valence-electron chi connectivity index (χ4n) is 2.61. The van der Waals surface area contributed by atoms with Crippen LogP contribution in [0.2, 0.25) is 0 Å². The third-order valence-electron chi connectivity index (χ3n) is 3.67. The second kappa shape index (κ2) is 6.24. The van der Waals surface area contributed by atoms with Crippen LogP contribution in [-0.4, -0.2) is 15.3 Å². The van der Waals surface area contributed by atoms with Gasteiger partial charge in [0.1, 0.15) is 17.2 Å². The number of Topliss-reactive ketones (excluding diaryl/α,β-unsaturated/α-hetero) is 1. The van der Waals surface area contributed by atoms with Crippen molar-refractivity contribution in [3.63, 3.8) is 0 Å². The Balaban J connectivity index is 2.30. The molecule has 122 valence electrons. The molecule has 1 aromatic heterocycles. The van der Waals surface area contributed by atoms with Crippen LogP contribution in [0.4, 0.5) is 8.78 Å². The van der Waals surface area contributed by atoms with Gasteiger partial charge in [-0.15, -0.1) is 0 Å². The monoisotopic (exact) mass is 392 g/mol. The molecule has 1 heterocycles. The van der Waals surface area contributed by atoms with Gasteiger partial charge in [-0.1, -0.05) is 12.1 Å². The lowest BCUT2D eigenvalue weighted by Crippen LogP contribution is -2.30. The minimum atomic E-state index is -1.08. The van der Waals surface area contributed by atoms with Gasteiger partial charge in [-0.3, -0.25) is 14.2 Å². The lowest BCUT2D eigenvalue weighted by molar-refractivity contribution is -0.119. The zero-order valence-electron chi connectivity index (χ0n) is 12.5. The molecule has 0 aliphatic heterocycles. The molecule has 0 saturated carbocycles. The molecular formula is C17H11BrF2N2O2. The number of aromatic nitrogens is 2. The Morgan fingerprint density at radius 1 is 1.25 bits per heavy atom. The summed E-state index contributed by atoms with van der Waals surface area (Å²) in [5.41, 5.74) is -0.233. The van der Waals surface area contributed by atoms with E-state index in [1.54, 1.807) is 0 Å². The number of halogens is 3. The van der Waals surface area contributed by atoms with Crippen molar-refractivity contribution in [3.05, 3.63) is 74.7 Å². The van der Waals surface area contributed by atoms with E-state index in [2.05, 4.69) is 20.9 Å². The highest BCUT2D eigenvalue weighted by Crippen LogP contribution is 2.23. The highest BCUT2D eigenvalue weighted by atomic mass is 79.9. The van der Waals surface area contributed by atoms with E-state index in [1.807, 2.05) is 0 Å². The van der Waals surface area contributed by atoms with E-state index in [9.17, 15) is 18.4 Å². The zero-order valence-corrected chi connectivity index (χ0v) is 14.0. The molecule has 3 aromatic rings. The van der Waals surface area contributed by atoms with Crippen molar-refractivity contribution in [2.45, 2.75) is 13.0 Å². The van der Waals surface area contributed by atoms with Gasteiger partial charge in [0.2, 0.25) is 0 Å². The summed E-state index contributed by atoms with van der Waals surface area (Å²) in [7, 11) is 0. The summed E-state index contributed by atoms with van der Waals surface area (Å²) in [6.07, 6.45) is 1.18. The topological polar surface area (TPSA) is 52.0 Å². The van der Waals surface area contributed by atoms with Crippen LogP contribution in [0.25, 0.3) is 10.9 Å². The number of ketones is 1. The number of benzene rings is 2. The average Bonchev–Trinajstić information content (AvgIpc) is 2.53. The van der Waals surface area contributed by atoms with Gasteiger partial charge in [-0.25, -0.2) is 13.8 Å². The van der Waals surface area contributed by atoms with Gasteiger partial charge < -0.3 is 0 Å². The summed E-state index contributed by atoms with van der Waals surface area (Å²) >= 11 is 3.03. The van der Waals surface area contributed by atoms with Gasteiger partial charge in [-0.2, -0.15) is 0 Å². The number of carbonyl (C=O) groups excluding carboxylic acids is 1. The van der Waals surface area contributed by atoms with Crippen LogP contribution >= 0.6 is 15.9 Å². The first-order valence-corrected chi connectivity index (χ1v) is 7.80. The molecule has 0 spiro atoms. The van der Waals surface area contributed by atoms with Crippen molar-refractivity contribution in [3.8, 4) is 0 Å². The Hall–Kier alpha value is -2.41. The minimum absolute atomic E-state index is 0.122. The lowest BCUT2D eigenvalue weighted by atomic mass is 10.0. The zero-order chi connectivity index (χ0) is 17.4. The number of rotatable bonds is 3. The normalized spacial score (nSPS) is 12.3. The van der Waals surface area contributed by atoms with E-state index in [0.717, 1.165) is 4.57 Å². The molecular weight excluding hydrogens is 382 g/mol. The number of hydrogen-bond donors (Lipinski definition) is 0. The van der Waals surface area contributed by atoms with E-state index in [0.29, 0.717) is 5.56 Å².